The molecule has 0 aliphatic heterocycles. The van der Waals surface area contributed by atoms with E-state index in [1.54, 1.807) is 0 Å². The van der Waals surface area contributed by atoms with Gasteiger partial charge in [-0.15, -0.1) is 0 Å². The molecular weight excluding hydrogens is 306 g/mol. The lowest BCUT2D eigenvalue weighted by Crippen LogP contribution is -2.15. The van der Waals surface area contributed by atoms with Crippen molar-refractivity contribution in [3.05, 3.63) is 102 Å². The van der Waals surface area contributed by atoms with E-state index in [0.29, 0.717) is 6.61 Å². The highest BCUT2D eigenvalue weighted by atomic mass is 16.5. The Kier molecular flexibility index (Phi) is 6.66. The molecule has 3 aromatic rings. The molecule has 0 saturated carbocycles. The Bertz CT molecular complexity index is 723. The van der Waals surface area contributed by atoms with Crippen molar-refractivity contribution >= 4 is 0 Å². The van der Waals surface area contributed by atoms with Crippen LogP contribution in [-0.4, -0.2) is 6.54 Å². The number of ether oxygens (including phenoxy) is 1. The van der Waals surface area contributed by atoms with Crippen molar-refractivity contribution < 1.29 is 4.74 Å². The van der Waals surface area contributed by atoms with Crippen LogP contribution in [0.2, 0.25) is 0 Å². The van der Waals surface area contributed by atoms with Crippen molar-refractivity contribution in [1.29, 1.82) is 0 Å². The zero-order valence-corrected chi connectivity index (χ0v) is 14.5. The van der Waals surface area contributed by atoms with Crippen molar-refractivity contribution in [2.75, 3.05) is 6.54 Å². The quantitative estimate of drug-likeness (QED) is 0.558. The van der Waals surface area contributed by atoms with Gasteiger partial charge < -0.3 is 10.1 Å². The molecule has 3 rings (SSSR count). The third kappa shape index (κ3) is 6.09. The standard InChI is InChI=1S/C23H25NO/c1-3-8-21(9-4-1)18-24-17-7-12-20-13-15-23(16-14-20)25-19-22-10-5-2-6-11-22/h1-6,8-11,13-16,24H,7,12,17-19H2. The van der Waals surface area contributed by atoms with Crippen LogP contribution in [-0.2, 0) is 19.6 Å². The third-order valence-corrected chi connectivity index (χ3v) is 4.16. The fourth-order valence-corrected chi connectivity index (χ4v) is 2.74. The summed E-state index contributed by atoms with van der Waals surface area (Å²) in [5.74, 6) is 0.926. The first-order valence-corrected chi connectivity index (χ1v) is 8.90. The normalized spacial score (nSPS) is 10.6. The van der Waals surface area contributed by atoms with Gasteiger partial charge in [-0.25, -0.2) is 0 Å². The predicted molar refractivity (Wildman–Crippen MR) is 104 cm³/mol. The van der Waals surface area contributed by atoms with Crippen LogP contribution in [0.5, 0.6) is 5.75 Å². The van der Waals surface area contributed by atoms with Crippen LogP contribution in [0.1, 0.15) is 23.1 Å². The Morgan fingerprint density at radius 1 is 0.640 bits per heavy atom. The fourth-order valence-electron chi connectivity index (χ4n) is 2.74. The molecule has 0 aromatic heterocycles. The molecular formula is C23H25NO. The summed E-state index contributed by atoms with van der Waals surface area (Å²) in [4.78, 5) is 0. The fraction of sp³-hybridized carbons (Fsp3) is 0.217. The summed E-state index contributed by atoms with van der Waals surface area (Å²) < 4.78 is 5.83. The van der Waals surface area contributed by atoms with Gasteiger partial charge in [0.1, 0.15) is 12.4 Å². The van der Waals surface area contributed by atoms with E-state index in [-0.39, 0.29) is 0 Å². The van der Waals surface area contributed by atoms with E-state index in [1.807, 2.05) is 18.2 Å². The van der Waals surface area contributed by atoms with Crippen LogP contribution in [0.25, 0.3) is 0 Å². The molecule has 0 radical (unpaired) electrons. The number of rotatable bonds is 9. The zero-order valence-electron chi connectivity index (χ0n) is 14.5. The van der Waals surface area contributed by atoms with Crippen LogP contribution >= 0.6 is 0 Å². The lowest BCUT2D eigenvalue weighted by Gasteiger charge is -2.08. The van der Waals surface area contributed by atoms with Gasteiger partial charge in [0.2, 0.25) is 0 Å². The summed E-state index contributed by atoms with van der Waals surface area (Å²) >= 11 is 0. The molecule has 0 spiro atoms. The molecule has 1 N–H and O–H groups in total. The molecule has 0 fully saturated rings. The molecule has 2 nitrogen and oxygen atoms in total. The number of benzene rings is 3. The minimum absolute atomic E-state index is 0.615. The summed E-state index contributed by atoms with van der Waals surface area (Å²) in [5, 5.41) is 3.50. The van der Waals surface area contributed by atoms with Crippen LogP contribution in [0, 0.1) is 0 Å². The lowest BCUT2D eigenvalue weighted by atomic mass is 10.1. The van der Waals surface area contributed by atoms with E-state index < -0.39 is 0 Å². The molecule has 0 aliphatic carbocycles. The number of hydrogen-bond donors (Lipinski definition) is 1. The molecule has 0 heterocycles. The van der Waals surface area contributed by atoms with Gasteiger partial charge in [0.05, 0.1) is 0 Å². The van der Waals surface area contributed by atoms with E-state index in [0.717, 1.165) is 31.7 Å². The summed E-state index contributed by atoms with van der Waals surface area (Å²) in [6.07, 6.45) is 2.22. The molecule has 25 heavy (non-hydrogen) atoms. The van der Waals surface area contributed by atoms with Crippen LogP contribution in [0.3, 0.4) is 0 Å². The molecule has 128 valence electrons. The average Bonchev–Trinajstić information content (AvgIpc) is 2.69. The molecule has 0 aliphatic rings. The molecule has 3 aromatic carbocycles. The van der Waals surface area contributed by atoms with Crippen LogP contribution in [0.15, 0.2) is 84.9 Å². The van der Waals surface area contributed by atoms with E-state index >= 15 is 0 Å². The molecule has 2 heteroatoms. The summed E-state index contributed by atoms with van der Waals surface area (Å²) in [6.45, 7) is 2.58. The first-order chi connectivity index (χ1) is 12.4. The van der Waals surface area contributed by atoms with Gasteiger partial charge in [0, 0.05) is 6.54 Å². The summed E-state index contributed by atoms with van der Waals surface area (Å²) in [7, 11) is 0. The summed E-state index contributed by atoms with van der Waals surface area (Å²) in [5.41, 5.74) is 3.88. The van der Waals surface area contributed by atoms with Crippen molar-refractivity contribution in [3.8, 4) is 5.75 Å². The predicted octanol–water partition coefficient (Wildman–Crippen LogP) is 4.99. The van der Waals surface area contributed by atoms with Crippen molar-refractivity contribution in [1.82, 2.24) is 5.32 Å². The second-order valence-corrected chi connectivity index (χ2v) is 6.18. The maximum Gasteiger partial charge on any atom is 0.119 e. The topological polar surface area (TPSA) is 21.3 Å². The van der Waals surface area contributed by atoms with E-state index in [1.165, 1.54) is 16.7 Å². The highest BCUT2D eigenvalue weighted by Gasteiger charge is 1.98. The van der Waals surface area contributed by atoms with Crippen molar-refractivity contribution in [3.63, 3.8) is 0 Å². The highest BCUT2D eigenvalue weighted by molar-refractivity contribution is 5.28. The maximum absolute atomic E-state index is 5.83. The van der Waals surface area contributed by atoms with Gasteiger partial charge in [-0.2, -0.15) is 0 Å². The largest absolute Gasteiger partial charge is 0.489 e. The monoisotopic (exact) mass is 331 g/mol. The van der Waals surface area contributed by atoms with E-state index in [2.05, 4.69) is 72.0 Å². The van der Waals surface area contributed by atoms with Crippen molar-refractivity contribution in [2.45, 2.75) is 26.0 Å². The number of aryl methyl sites for hydroxylation is 1. The van der Waals surface area contributed by atoms with E-state index in [9.17, 15) is 0 Å². The minimum atomic E-state index is 0.615. The van der Waals surface area contributed by atoms with Crippen molar-refractivity contribution in [2.24, 2.45) is 0 Å². The zero-order chi connectivity index (χ0) is 17.2. The van der Waals surface area contributed by atoms with Gasteiger partial charge in [-0.05, 0) is 48.2 Å². The second-order valence-electron chi connectivity index (χ2n) is 6.18. The van der Waals surface area contributed by atoms with Gasteiger partial charge in [0.25, 0.3) is 0 Å². The average molecular weight is 331 g/mol. The summed E-state index contributed by atoms with van der Waals surface area (Å²) in [6, 6.07) is 29.2. The smallest absolute Gasteiger partial charge is 0.119 e. The lowest BCUT2D eigenvalue weighted by molar-refractivity contribution is 0.306. The van der Waals surface area contributed by atoms with Gasteiger partial charge >= 0.3 is 0 Å². The van der Waals surface area contributed by atoms with Crippen LogP contribution < -0.4 is 10.1 Å². The molecule has 0 bridgehead atoms. The Morgan fingerprint density at radius 3 is 1.96 bits per heavy atom. The highest BCUT2D eigenvalue weighted by Crippen LogP contribution is 2.15. The Labute approximate surface area is 150 Å². The second kappa shape index (κ2) is 9.65. The van der Waals surface area contributed by atoms with Gasteiger partial charge in [0.15, 0.2) is 0 Å². The maximum atomic E-state index is 5.83. The number of nitrogens with one attached hydrogen (secondary N) is 1. The molecule has 0 atom stereocenters. The molecule has 0 amide bonds. The van der Waals surface area contributed by atoms with Gasteiger partial charge in [-0.1, -0.05) is 72.8 Å². The van der Waals surface area contributed by atoms with E-state index in [4.69, 9.17) is 4.74 Å². The number of hydrogen-bond acceptors (Lipinski definition) is 2. The molecule has 0 unspecified atom stereocenters. The first-order valence-electron chi connectivity index (χ1n) is 8.90. The Balaban J connectivity index is 1.35. The Morgan fingerprint density at radius 2 is 1.28 bits per heavy atom. The first kappa shape index (κ1) is 17.2. The SMILES string of the molecule is c1ccc(CNCCCc2ccc(OCc3ccccc3)cc2)cc1. The third-order valence-electron chi connectivity index (χ3n) is 4.16. The Hall–Kier alpha value is -2.58. The molecule has 0 saturated heterocycles. The van der Waals surface area contributed by atoms with Gasteiger partial charge in [-0.3, -0.25) is 0 Å². The van der Waals surface area contributed by atoms with Crippen LogP contribution in [0.4, 0.5) is 0 Å². The minimum Gasteiger partial charge on any atom is -0.489 e.